The topological polar surface area (TPSA) is 92.8 Å². The Kier molecular flexibility index (Phi) is 4.94. The lowest BCUT2D eigenvalue weighted by Crippen LogP contribution is -2.22. The van der Waals surface area contributed by atoms with Crippen molar-refractivity contribution in [2.45, 2.75) is 13.8 Å². The number of benzene rings is 1. The maximum Gasteiger partial charge on any atom is 0.263 e. The Hall–Kier alpha value is -3.66. The van der Waals surface area contributed by atoms with E-state index in [0.717, 1.165) is 11.1 Å². The average Bonchev–Trinajstić information content (AvgIpc) is 3.04. The van der Waals surface area contributed by atoms with Crippen molar-refractivity contribution in [3.63, 3.8) is 0 Å². The van der Waals surface area contributed by atoms with E-state index in [1.165, 1.54) is 10.9 Å². The van der Waals surface area contributed by atoms with Crippen LogP contribution in [-0.2, 0) is 4.79 Å². The van der Waals surface area contributed by atoms with Gasteiger partial charge in [0.25, 0.3) is 5.91 Å². The maximum atomic E-state index is 12.3. The highest BCUT2D eigenvalue weighted by Gasteiger charge is 2.16. The van der Waals surface area contributed by atoms with Gasteiger partial charge in [-0.2, -0.15) is 15.0 Å². The van der Waals surface area contributed by atoms with Crippen molar-refractivity contribution in [3.8, 4) is 17.6 Å². The second-order valence-corrected chi connectivity index (χ2v) is 5.72. The van der Waals surface area contributed by atoms with E-state index >= 15 is 0 Å². The smallest absolute Gasteiger partial charge is 0.263 e. The van der Waals surface area contributed by atoms with Crippen LogP contribution >= 0.6 is 0 Å². The number of pyridine rings is 1. The Bertz CT molecular complexity index is 973. The largest absolute Gasteiger partial charge is 0.483 e. The normalized spacial score (nSPS) is 10.2. The zero-order valence-corrected chi connectivity index (χ0v) is 14.4. The first-order valence-electron chi connectivity index (χ1n) is 7.98. The molecule has 130 valence electrons. The summed E-state index contributed by atoms with van der Waals surface area (Å²) in [5.41, 5.74) is 2.32. The molecule has 0 aliphatic heterocycles. The predicted molar refractivity (Wildman–Crippen MR) is 96.1 cm³/mol. The van der Waals surface area contributed by atoms with Crippen molar-refractivity contribution in [2.24, 2.45) is 0 Å². The minimum absolute atomic E-state index is 0.178. The number of ether oxygens (including phenoxy) is 1. The zero-order valence-electron chi connectivity index (χ0n) is 14.4. The summed E-state index contributed by atoms with van der Waals surface area (Å²) in [6, 6.07) is 13.0. The summed E-state index contributed by atoms with van der Waals surface area (Å²) in [6.45, 7) is 3.73. The Morgan fingerprint density at radius 2 is 2.15 bits per heavy atom. The number of rotatable bonds is 5. The molecular formula is C19H17N5O2. The molecule has 0 saturated carbocycles. The lowest BCUT2D eigenvalue weighted by Gasteiger charge is -2.11. The minimum Gasteiger partial charge on any atom is -0.483 e. The summed E-state index contributed by atoms with van der Waals surface area (Å²) in [7, 11) is 0. The van der Waals surface area contributed by atoms with Crippen LogP contribution in [0.3, 0.4) is 0 Å². The van der Waals surface area contributed by atoms with Crippen molar-refractivity contribution in [3.05, 3.63) is 65.5 Å². The molecule has 2 heterocycles. The van der Waals surface area contributed by atoms with Crippen molar-refractivity contribution in [1.29, 1.82) is 5.26 Å². The van der Waals surface area contributed by atoms with Gasteiger partial charge in [0, 0.05) is 6.20 Å². The van der Waals surface area contributed by atoms with Gasteiger partial charge in [0.2, 0.25) is 0 Å². The second-order valence-electron chi connectivity index (χ2n) is 5.72. The molecular weight excluding hydrogens is 330 g/mol. The van der Waals surface area contributed by atoms with Crippen LogP contribution in [0.5, 0.6) is 5.75 Å². The highest BCUT2D eigenvalue weighted by molar-refractivity contribution is 5.92. The molecule has 0 saturated heterocycles. The quantitative estimate of drug-likeness (QED) is 0.766. The number of carbonyl (C=O) groups is 1. The highest BCUT2D eigenvalue weighted by atomic mass is 16.5. The second kappa shape index (κ2) is 7.49. The Balaban J connectivity index is 1.75. The number of anilines is 1. The van der Waals surface area contributed by atoms with Crippen LogP contribution in [0.25, 0.3) is 5.82 Å². The van der Waals surface area contributed by atoms with Crippen LogP contribution in [0, 0.1) is 25.2 Å². The Morgan fingerprint density at radius 1 is 1.31 bits per heavy atom. The lowest BCUT2D eigenvalue weighted by atomic mass is 10.1. The zero-order chi connectivity index (χ0) is 18.5. The monoisotopic (exact) mass is 347 g/mol. The first-order valence-corrected chi connectivity index (χ1v) is 7.98. The number of nitrogens with one attached hydrogen (secondary N) is 1. The number of aryl methyl sites for hydroxylation is 2. The number of nitriles is 1. The summed E-state index contributed by atoms with van der Waals surface area (Å²) in [6.07, 6.45) is 2.99. The fraction of sp³-hybridized carbons (Fsp3) is 0.158. The third kappa shape index (κ3) is 3.70. The molecule has 0 aliphatic carbocycles. The molecule has 0 fully saturated rings. The van der Waals surface area contributed by atoms with E-state index in [1.807, 2.05) is 38.1 Å². The van der Waals surface area contributed by atoms with Gasteiger partial charge in [-0.25, -0.2) is 4.98 Å². The standard InChI is InChI=1S/C19H17N5O2/c1-13-6-7-16(14(2)9-13)26-12-18(25)23-19-15(10-20)11-22-24(19)17-5-3-4-8-21-17/h3-9,11H,12H2,1-2H3,(H,23,25). The van der Waals surface area contributed by atoms with Gasteiger partial charge in [-0.1, -0.05) is 23.8 Å². The molecule has 1 amide bonds. The van der Waals surface area contributed by atoms with Crippen LogP contribution in [0.15, 0.2) is 48.8 Å². The molecule has 0 radical (unpaired) electrons. The number of nitrogens with zero attached hydrogens (tertiary/aromatic N) is 4. The van der Waals surface area contributed by atoms with Gasteiger partial charge < -0.3 is 10.1 Å². The van der Waals surface area contributed by atoms with Gasteiger partial charge in [-0.3, -0.25) is 4.79 Å². The average molecular weight is 347 g/mol. The summed E-state index contributed by atoms with van der Waals surface area (Å²) in [4.78, 5) is 16.5. The summed E-state index contributed by atoms with van der Waals surface area (Å²) in [5, 5.41) is 16.1. The van der Waals surface area contributed by atoms with Crippen LogP contribution in [0.2, 0.25) is 0 Å². The number of aromatic nitrogens is 3. The lowest BCUT2D eigenvalue weighted by molar-refractivity contribution is -0.118. The third-order valence-electron chi connectivity index (χ3n) is 3.70. The van der Waals surface area contributed by atoms with Gasteiger partial charge in [0.05, 0.1) is 6.20 Å². The number of amides is 1. The molecule has 7 nitrogen and oxygen atoms in total. The van der Waals surface area contributed by atoms with Crippen LogP contribution < -0.4 is 10.1 Å². The van der Waals surface area contributed by atoms with Crippen molar-refractivity contribution >= 4 is 11.7 Å². The van der Waals surface area contributed by atoms with Gasteiger partial charge in [-0.05, 0) is 37.6 Å². The summed E-state index contributed by atoms with van der Waals surface area (Å²) in [5.74, 6) is 1.02. The summed E-state index contributed by atoms with van der Waals surface area (Å²) >= 11 is 0. The Labute approximate surface area is 150 Å². The van der Waals surface area contributed by atoms with Gasteiger partial charge >= 0.3 is 0 Å². The molecule has 0 bridgehead atoms. The SMILES string of the molecule is Cc1ccc(OCC(=O)Nc2c(C#N)cnn2-c2ccccn2)c(C)c1. The Morgan fingerprint density at radius 3 is 2.85 bits per heavy atom. The molecule has 7 heteroatoms. The van der Waals surface area contributed by atoms with Crippen molar-refractivity contribution < 1.29 is 9.53 Å². The van der Waals surface area contributed by atoms with E-state index in [4.69, 9.17) is 4.74 Å². The van der Waals surface area contributed by atoms with E-state index in [2.05, 4.69) is 15.4 Å². The first-order chi connectivity index (χ1) is 12.6. The molecule has 3 aromatic rings. The first kappa shape index (κ1) is 17.2. The molecule has 0 spiro atoms. The number of carbonyl (C=O) groups excluding carboxylic acids is 1. The van der Waals surface area contributed by atoms with Gasteiger partial charge in [-0.15, -0.1) is 0 Å². The number of hydrogen-bond acceptors (Lipinski definition) is 5. The minimum atomic E-state index is -0.390. The van der Waals surface area contributed by atoms with Crippen LogP contribution in [0.4, 0.5) is 5.82 Å². The fourth-order valence-electron chi connectivity index (χ4n) is 2.48. The predicted octanol–water partition coefficient (Wildman–Crippen LogP) is 2.77. The third-order valence-corrected chi connectivity index (χ3v) is 3.70. The molecule has 0 unspecified atom stereocenters. The highest BCUT2D eigenvalue weighted by Crippen LogP contribution is 2.20. The van der Waals surface area contributed by atoms with Crippen molar-refractivity contribution in [1.82, 2.24) is 14.8 Å². The van der Waals surface area contributed by atoms with E-state index in [9.17, 15) is 10.1 Å². The molecule has 0 aliphatic rings. The van der Waals surface area contributed by atoms with Gasteiger partial charge in [0.15, 0.2) is 18.2 Å². The maximum absolute atomic E-state index is 12.3. The van der Waals surface area contributed by atoms with Crippen LogP contribution in [-0.4, -0.2) is 27.3 Å². The van der Waals surface area contributed by atoms with E-state index in [-0.39, 0.29) is 23.9 Å². The van der Waals surface area contributed by atoms with Gasteiger partial charge in [0.1, 0.15) is 17.4 Å². The van der Waals surface area contributed by atoms with Crippen molar-refractivity contribution in [2.75, 3.05) is 11.9 Å². The number of hydrogen-bond donors (Lipinski definition) is 1. The molecule has 0 atom stereocenters. The molecule has 3 rings (SSSR count). The molecule has 1 N–H and O–H groups in total. The van der Waals surface area contributed by atoms with E-state index in [1.54, 1.807) is 24.4 Å². The molecule has 1 aromatic carbocycles. The fourth-order valence-corrected chi connectivity index (χ4v) is 2.48. The van der Waals surface area contributed by atoms with E-state index in [0.29, 0.717) is 11.6 Å². The molecule has 26 heavy (non-hydrogen) atoms. The summed E-state index contributed by atoms with van der Waals surface area (Å²) < 4.78 is 6.99. The molecule has 2 aromatic heterocycles. The van der Waals surface area contributed by atoms with Crippen LogP contribution in [0.1, 0.15) is 16.7 Å². The van der Waals surface area contributed by atoms with E-state index < -0.39 is 0 Å².